The lowest BCUT2D eigenvalue weighted by atomic mass is 10.1. The van der Waals surface area contributed by atoms with E-state index in [2.05, 4.69) is 4.98 Å². The molecular formula is C15H13ClFN3O. The molecule has 1 atom stereocenters. The fraction of sp³-hybridized carbons (Fsp3) is 0.200. The van der Waals surface area contributed by atoms with Gasteiger partial charge < -0.3 is 10.0 Å². The Hall–Kier alpha value is -2.16. The quantitative estimate of drug-likeness (QED) is 0.943. The fourth-order valence-electron chi connectivity index (χ4n) is 1.91. The molecule has 1 aromatic heterocycles. The van der Waals surface area contributed by atoms with Gasteiger partial charge in [-0.3, -0.25) is 0 Å². The second-order valence-corrected chi connectivity index (χ2v) is 5.00. The fourth-order valence-corrected chi connectivity index (χ4v) is 2.22. The van der Waals surface area contributed by atoms with Gasteiger partial charge in [-0.25, -0.2) is 9.37 Å². The van der Waals surface area contributed by atoms with Crippen molar-refractivity contribution in [1.82, 2.24) is 4.98 Å². The lowest BCUT2D eigenvalue weighted by Crippen LogP contribution is -2.25. The number of rotatable bonds is 4. The summed E-state index contributed by atoms with van der Waals surface area (Å²) in [5.74, 6) is 0.118. The number of nitrogens with zero attached hydrogens (tertiary/aromatic N) is 3. The van der Waals surface area contributed by atoms with Gasteiger partial charge >= 0.3 is 0 Å². The highest BCUT2D eigenvalue weighted by Gasteiger charge is 2.14. The molecule has 0 aliphatic rings. The van der Waals surface area contributed by atoms with E-state index in [-0.39, 0.29) is 12.4 Å². The Morgan fingerprint density at radius 3 is 2.67 bits per heavy atom. The van der Waals surface area contributed by atoms with Gasteiger partial charge in [-0.2, -0.15) is 5.26 Å². The van der Waals surface area contributed by atoms with Crippen LogP contribution >= 0.6 is 11.6 Å². The van der Waals surface area contributed by atoms with Crippen molar-refractivity contribution in [2.24, 2.45) is 0 Å². The molecule has 2 rings (SSSR count). The second kappa shape index (κ2) is 6.53. The summed E-state index contributed by atoms with van der Waals surface area (Å²) >= 11 is 6.07. The van der Waals surface area contributed by atoms with E-state index < -0.39 is 6.10 Å². The minimum Gasteiger partial charge on any atom is -0.387 e. The Morgan fingerprint density at radius 2 is 2.10 bits per heavy atom. The SMILES string of the molecule is CN(CC(O)c1ccc(F)cc1)c1ncc(C#N)cc1Cl. The molecule has 0 fully saturated rings. The van der Waals surface area contributed by atoms with E-state index in [0.717, 1.165) is 0 Å². The largest absolute Gasteiger partial charge is 0.387 e. The maximum Gasteiger partial charge on any atom is 0.147 e. The van der Waals surface area contributed by atoms with E-state index in [4.69, 9.17) is 16.9 Å². The number of pyridine rings is 1. The van der Waals surface area contributed by atoms with E-state index in [1.807, 2.05) is 6.07 Å². The van der Waals surface area contributed by atoms with Crippen molar-refractivity contribution in [2.75, 3.05) is 18.5 Å². The highest BCUT2D eigenvalue weighted by atomic mass is 35.5. The first-order valence-electron chi connectivity index (χ1n) is 6.21. The van der Waals surface area contributed by atoms with Gasteiger partial charge in [0, 0.05) is 19.8 Å². The molecule has 0 amide bonds. The van der Waals surface area contributed by atoms with Gasteiger partial charge in [0.25, 0.3) is 0 Å². The van der Waals surface area contributed by atoms with Crippen molar-refractivity contribution in [3.8, 4) is 6.07 Å². The predicted octanol–water partition coefficient (Wildman–Crippen LogP) is 2.92. The number of hydrogen-bond acceptors (Lipinski definition) is 4. The van der Waals surface area contributed by atoms with Crippen LogP contribution in [0, 0.1) is 17.1 Å². The van der Waals surface area contributed by atoms with Crippen LogP contribution < -0.4 is 4.90 Å². The van der Waals surface area contributed by atoms with Gasteiger partial charge in [0.05, 0.1) is 16.7 Å². The number of anilines is 1. The molecule has 2 aromatic rings. The molecular weight excluding hydrogens is 293 g/mol. The average Bonchev–Trinajstić information content (AvgIpc) is 2.47. The first-order chi connectivity index (χ1) is 10.0. The first-order valence-corrected chi connectivity index (χ1v) is 6.59. The third-order valence-electron chi connectivity index (χ3n) is 3.01. The van der Waals surface area contributed by atoms with Crippen LogP contribution in [0.1, 0.15) is 17.2 Å². The summed E-state index contributed by atoms with van der Waals surface area (Å²) in [4.78, 5) is 5.79. The van der Waals surface area contributed by atoms with E-state index in [1.54, 1.807) is 11.9 Å². The van der Waals surface area contributed by atoms with Gasteiger partial charge in [0.15, 0.2) is 0 Å². The van der Waals surface area contributed by atoms with Gasteiger partial charge in [-0.15, -0.1) is 0 Å². The average molecular weight is 306 g/mol. The number of hydrogen-bond donors (Lipinski definition) is 1. The smallest absolute Gasteiger partial charge is 0.147 e. The number of nitriles is 1. The third kappa shape index (κ3) is 3.69. The minimum absolute atomic E-state index is 0.240. The molecule has 0 saturated carbocycles. The summed E-state index contributed by atoms with van der Waals surface area (Å²) in [7, 11) is 1.73. The molecule has 108 valence electrons. The third-order valence-corrected chi connectivity index (χ3v) is 3.29. The van der Waals surface area contributed by atoms with E-state index in [9.17, 15) is 9.50 Å². The molecule has 0 aliphatic carbocycles. The summed E-state index contributed by atoms with van der Waals surface area (Å²) in [5, 5.41) is 19.3. The van der Waals surface area contributed by atoms with Crippen molar-refractivity contribution in [1.29, 1.82) is 5.26 Å². The first kappa shape index (κ1) is 15.2. The Balaban J connectivity index is 2.12. The van der Waals surface area contributed by atoms with Crippen molar-refractivity contribution >= 4 is 17.4 Å². The number of aromatic nitrogens is 1. The van der Waals surface area contributed by atoms with Crippen molar-refractivity contribution < 1.29 is 9.50 Å². The predicted molar refractivity (Wildman–Crippen MR) is 78.6 cm³/mol. The monoisotopic (exact) mass is 305 g/mol. The van der Waals surface area contributed by atoms with Crippen LogP contribution in [0.15, 0.2) is 36.5 Å². The Bertz CT molecular complexity index is 670. The zero-order valence-corrected chi connectivity index (χ0v) is 12.0. The van der Waals surface area contributed by atoms with E-state index in [0.29, 0.717) is 22.0 Å². The van der Waals surface area contributed by atoms with Crippen LogP contribution in [0.3, 0.4) is 0 Å². The van der Waals surface area contributed by atoms with Crippen LogP contribution in [0.4, 0.5) is 10.2 Å². The van der Waals surface area contributed by atoms with Crippen molar-refractivity contribution in [3.63, 3.8) is 0 Å². The zero-order chi connectivity index (χ0) is 15.4. The Morgan fingerprint density at radius 1 is 1.43 bits per heavy atom. The normalized spacial score (nSPS) is 11.8. The van der Waals surface area contributed by atoms with Gasteiger partial charge in [0.1, 0.15) is 17.7 Å². The number of aliphatic hydroxyl groups excluding tert-OH is 1. The van der Waals surface area contributed by atoms with Crippen molar-refractivity contribution in [3.05, 3.63) is 58.5 Å². The molecule has 0 spiro atoms. The van der Waals surface area contributed by atoms with Crippen LogP contribution in [0.2, 0.25) is 5.02 Å². The molecule has 1 heterocycles. The molecule has 1 unspecified atom stereocenters. The van der Waals surface area contributed by atoms with Crippen molar-refractivity contribution in [2.45, 2.75) is 6.10 Å². The zero-order valence-electron chi connectivity index (χ0n) is 11.3. The highest BCUT2D eigenvalue weighted by molar-refractivity contribution is 6.33. The van der Waals surface area contributed by atoms with Crippen LogP contribution in [0.5, 0.6) is 0 Å². The molecule has 0 saturated heterocycles. The summed E-state index contributed by atoms with van der Waals surface area (Å²) < 4.78 is 12.9. The summed E-state index contributed by atoms with van der Waals surface area (Å²) in [5.41, 5.74) is 0.976. The Kier molecular flexibility index (Phi) is 4.73. The molecule has 4 nitrogen and oxygen atoms in total. The molecule has 0 radical (unpaired) electrons. The number of halogens is 2. The lowest BCUT2D eigenvalue weighted by Gasteiger charge is -2.22. The standard InChI is InChI=1S/C15H13ClFN3O/c1-20(15-13(16)6-10(7-18)8-19-15)9-14(21)11-2-4-12(17)5-3-11/h2-6,8,14,21H,9H2,1H3. The molecule has 0 bridgehead atoms. The lowest BCUT2D eigenvalue weighted by molar-refractivity contribution is 0.184. The summed E-state index contributed by atoms with van der Waals surface area (Å²) in [6, 6.07) is 9.13. The number of aliphatic hydroxyl groups is 1. The van der Waals surface area contributed by atoms with Crippen LogP contribution in [-0.2, 0) is 0 Å². The van der Waals surface area contributed by atoms with Crippen LogP contribution in [-0.4, -0.2) is 23.7 Å². The number of likely N-dealkylation sites (N-methyl/N-ethyl adjacent to an activating group) is 1. The maximum atomic E-state index is 12.9. The summed E-state index contributed by atoms with van der Waals surface area (Å²) in [6.07, 6.45) is 0.617. The molecule has 6 heteroatoms. The molecule has 1 aromatic carbocycles. The topological polar surface area (TPSA) is 60.1 Å². The maximum absolute atomic E-state index is 12.9. The highest BCUT2D eigenvalue weighted by Crippen LogP contribution is 2.25. The van der Waals surface area contributed by atoms with E-state index in [1.165, 1.54) is 36.5 Å². The molecule has 21 heavy (non-hydrogen) atoms. The summed E-state index contributed by atoms with van der Waals surface area (Å²) in [6.45, 7) is 0.240. The van der Waals surface area contributed by atoms with Crippen LogP contribution in [0.25, 0.3) is 0 Å². The molecule has 0 aliphatic heterocycles. The second-order valence-electron chi connectivity index (χ2n) is 4.59. The number of benzene rings is 1. The van der Waals surface area contributed by atoms with Gasteiger partial charge in [-0.1, -0.05) is 23.7 Å². The van der Waals surface area contributed by atoms with Gasteiger partial charge in [0.2, 0.25) is 0 Å². The Labute approximate surface area is 127 Å². The van der Waals surface area contributed by atoms with Gasteiger partial charge in [-0.05, 0) is 23.8 Å². The molecule has 1 N–H and O–H groups in total. The minimum atomic E-state index is -0.802. The van der Waals surface area contributed by atoms with E-state index >= 15 is 0 Å².